The first-order valence-electron chi connectivity index (χ1n) is 7.50. The Morgan fingerprint density at radius 3 is 2.52 bits per heavy atom. The number of aromatic nitrogens is 1. The molecule has 1 heterocycles. The number of carbonyl (C=O) groups is 1. The van der Waals surface area contributed by atoms with E-state index < -0.39 is 0 Å². The lowest BCUT2D eigenvalue weighted by Crippen LogP contribution is -2.29. The van der Waals surface area contributed by atoms with Crippen molar-refractivity contribution in [3.63, 3.8) is 0 Å². The van der Waals surface area contributed by atoms with E-state index in [1.165, 1.54) is 0 Å². The Balaban J connectivity index is 2.07. The fraction of sp³-hybridized carbons (Fsp3) is 0.294. The zero-order chi connectivity index (χ0) is 16.8. The molecule has 1 aromatic carbocycles. The molecule has 122 valence electrons. The van der Waals surface area contributed by atoms with E-state index in [9.17, 15) is 4.79 Å². The van der Waals surface area contributed by atoms with Gasteiger partial charge in [-0.2, -0.15) is 0 Å². The molecule has 0 aliphatic heterocycles. The fourth-order valence-electron chi connectivity index (χ4n) is 2.32. The smallest absolute Gasteiger partial charge is 0.319 e. The average Bonchev–Trinajstić information content (AvgIpc) is 2.55. The van der Waals surface area contributed by atoms with Crippen LogP contribution in [0.4, 0.5) is 10.5 Å². The van der Waals surface area contributed by atoms with Crippen LogP contribution in [0.25, 0.3) is 0 Å². The van der Waals surface area contributed by atoms with Crippen LogP contribution in [0.2, 0.25) is 10.2 Å². The number of benzene rings is 1. The van der Waals surface area contributed by atoms with Crippen molar-refractivity contribution in [1.82, 2.24) is 10.3 Å². The Kier molecular flexibility index (Phi) is 6.25. The van der Waals surface area contributed by atoms with Crippen LogP contribution in [0.3, 0.4) is 0 Å². The number of hydrogen-bond donors (Lipinski definition) is 2. The number of aryl methyl sites for hydroxylation is 1. The molecule has 0 unspecified atom stereocenters. The number of pyridine rings is 1. The van der Waals surface area contributed by atoms with E-state index in [-0.39, 0.29) is 6.03 Å². The summed E-state index contributed by atoms with van der Waals surface area (Å²) in [6.07, 6.45) is 3.21. The minimum Gasteiger partial charge on any atom is -0.334 e. The second kappa shape index (κ2) is 8.18. The monoisotopic (exact) mass is 351 g/mol. The standard InChI is InChI=1S/C17H19Cl2N3O/c1-3-12-6-7-14(18)13(4-2)16(12)22-17(23)21-10-11-5-8-15(19)20-9-11/h5-9H,3-4,10H2,1-2H3,(H2,21,22,23). The SMILES string of the molecule is CCc1ccc(Cl)c(CC)c1NC(=O)NCc1ccc(Cl)nc1. The minimum absolute atomic E-state index is 0.272. The van der Waals surface area contributed by atoms with Crippen LogP contribution in [-0.2, 0) is 19.4 Å². The summed E-state index contributed by atoms with van der Waals surface area (Å²) in [5, 5.41) is 6.83. The number of anilines is 1. The van der Waals surface area contributed by atoms with Gasteiger partial charge in [0.15, 0.2) is 0 Å². The first-order chi connectivity index (χ1) is 11.0. The maximum atomic E-state index is 12.2. The number of amides is 2. The van der Waals surface area contributed by atoms with Gasteiger partial charge in [-0.3, -0.25) is 0 Å². The van der Waals surface area contributed by atoms with Crippen LogP contribution in [0.5, 0.6) is 0 Å². The van der Waals surface area contributed by atoms with Gasteiger partial charge in [-0.15, -0.1) is 0 Å². The number of nitrogens with one attached hydrogen (secondary N) is 2. The van der Waals surface area contributed by atoms with Crippen molar-refractivity contribution in [3.05, 3.63) is 57.3 Å². The predicted octanol–water partition coefficient (Wildman–Crippen LogP) is 4.83. The molecule has 4 nitrogen and oxygen atoms in total. The number of rotatable bonds is 5. The van der Waals surface area contributed by atoms with Gasteiger partial charge in [-0.25, -0.2) is 9.78 Å². The zero-order valence-corrected chi connectivity index (χ0v) is 14.6. The highest BCUT2D eigenvalue weighted by Gasteiger charge is 2.13. The summed E-state index contributed by atoms with van der Waals surface area (Å²) in [4.78, 5) is 16.2. The van der Waals surface area contributed by atoms with E-state index in [4.69, 9.17) is 23.2 Å². The van der Waals surface area contributed by atoms with E-state index in [0.717, 1.165) is 35.2 Å². The maximum absolute atomic E-state index is 12.2. The molecule has 2 N–H and O–H groups in total. The number of halogens is 2. The molecule has 2 amide bonds. The van der Waals surface area contributed by atoms with Crippen molar-refractivity contribution in [2.45, 2.75) is 33.2 Å². The third-order valence-corrected chi connectivity index (χ3v) is 4.13. The van der Waals surface area contributed by atoms with Crippen LogP contribution >= 0.6 is 23.2 Å². The summed E-state index contributed by atoms with van der Waals surface area (Å²) in [6, 6.07) is 7.07. The van der Waals surface area contributed by atoms with Gasteiger partial charge in [0.05, 0.1) is 5.69 Å². The van der Waals surface area contributed by atoms with Crippen LogP contribution in [-0.4, -0.2) is 11.0 Å². The molecule has 2 aromatic rings. The number of urea groups is 1. The van der Waals surface area contributed by atoms with E-state index in [1.54, 1.807) is 12.3 Å². The van der Waals surface area contributed by atoms with Gasteiger partial charge < -0.3 is 10.6 Å². The van der Waals surface area contributed by atoms with E-state index >= 15 is 0 Å². The Bertz CT molecular complexity index is 687. The maximum Gasteiger partial charge on any atom is 0.319 e. The third-order valence-electron chi connectivity index (χ3n) is 3.56. The van der Waals surface area contributed by atoms with Crippen molar-refractivity contribution in [1.29, 1.82) is 0 Å². The number of hydrogen-bond acceptors (Lipinski definition) is 2. The molecule has 0 aliphatic rings. The molecule has 2 rings (SSSR count). The van der Waals surface area contributed by atoms with Crippen molar-refractivity contribution >= 4 is 34.9 Å². The molecular weight excluding hydrogens is 333 g/mol. The van der Waals surface area contributed by atoms with Gasteiger partial charge in [-0.05, 0) is 41.7 Å². The van der Waals surface area contributed by atoms with Crippen LogP contribution < -0.4 is 10.6 Å². The van der Waals surface area contributed by atoms with E-state index in [0.29, 0.717) is 16.7 Å². The molecule has 0 bridgehead atoms. The molecule has 6 heteroatoms. The molecule has 0 radical (unpaired) electrons. The molecule has 0 atom stereocenters. The quantitative estimate of drug-likeness (QED) is 0.757. The highest BCUT2D eigenvalue weighted by atomic mass is 35.5. The Morgan fingerprint density at radius 2 is 1.91 bits per heavy atom. The Hall–Kier alpha value is -1.78. The lowest BCUT2D eigenvalue weighted by atomic mass is 10.0. The Labute approximate surface area is 146 Å². The zero-order valence-electron chi connectivity index (χ0n) is 13.1. The third kappa shape index (κ3) is 4.60. The molecule has 23 heavy (non-hydrogen) atoms. The van der Waals surface area contributed by atoms with Crippen molar-refractivity contribution in [2.75, 3.05) is 5.32 Å². The van der Waals surface area contributed by atoms with Crippen LogP contribution in [0.1, 0.15) is 30.5 Å². The van der Waals surface area contributed by atoms with Crippen LogP contribution in [0.15, 0.2) is 30.5 Å². The molecule has 1 aromatic heterocycles. The van der Waals surface area contributed by atoms with E-state index in [2.05, 4.69) is 15.6 Å². The first-order valence-corrected chi connectivity index (χ1v) is 8.26. The lowest BCUT2D eigenvalue weighted by Gasteiger charge is -2.16. The van der Waals surface area contributed by atoms with Gasteiger partial charge in [0.1, 0.15) is 5.15 Å². The molecule has 0 fully saturated rings. The van der Waals surface area contributed by atoms with Crippen molar-refractivity contribution in [3.8, 4) is 0 Å². The highest BCUT2D eigenvalue weighted by molar-refractivity contribution is 6.32. The number of carbonyl (C=O) groups excluding carboxylic acids is 1. The fourth-order valence-corrected chi connectivity index (χ4v) is 2.72. The second-order valence-corrected chi connectivity index (χ2v) is 5.86. The normalized spacial score (nSPS) is 10.4. The second-order valence-electron chi connectivity index (χ2n) is 5.06. The number of nitrogens with zero attached hydrogens (tertiary/aromatic N) is 1. The largest absolute Gasteiger partial charge is 0.334 e. The summed E-state index contributed by atoms with van der Waals surface area (Å²) in [5.41, 5.74) is 3.69. The predicted molar refractivity (Wildman–Crippen MR) is 95.3 cm³/mol. The summed E-state index contributed by atoms with van der Waals surface area (Å²) in [5.74, 6) is 0. The first kappa shape index (κ1) is 17.6. The summed E-state index contributed by atoms with van der Waals surface area (Å²) < 4.78 is 0. The average molecular weight is 352 g/mol. The van der Waals surface area contributed by atoms with Gasteiger partial charge in [-0.1, -0.05) is 49.2 Å². The van der Waals surface area contributed by atoms with Gasteiger partial charge >= 0.3 is 6.03 Å². The molecule has 0 saturated heterocycles. The Morgan fingerprint density at radius 1 is 1.13 bits per heavy atom. The van der Waals surface area contributed by atoms with E-state index in [1.807, 2.05) is 32.0 Å². The summed E-state index contributed by atoms with van der Waals surface area (Å²) in [6.45, 7) is 4.44. The topological polar surface area (TPSA) is 54.0 Å². The van der Waals surface area contributed by atoms with Crippen molar-refractivity contribution < 1.29 is 4.79 Å². The minimum atomic E-state index is -0.272. The van der Waals surface area contributed by atoms with Crippen molar-refractivity contribution in [2.24, 2.45) is 0 Å². The summed E-state index contributed by atoms with van der Waals surface area (Å²) in [7, 11) is 0. The highest BCUT2D eigenvalue weighted by Crippen LogP contribution is 2.29. The molecule has 0 aliphatic carbocycles. The van der Waals surface area contributed by atoms with Gasteiger partial charge in [0, 0.05) is 17.8 Å². The van der Waals surface area contributed by atoms with Gasteiger partial charge in [0.25, 0.3) is 0 Å². The van der Waals surface area contributed by atoms with Crippen LogP contribution in [0, 0.1) is 0 Å². The van der Waals surface area contributed by atoms with Gasteiger partial charge in [0.2, 0.25) is 0 Å². The molecule has 0 saturated carbocycles. The molecule has 0 spiro atoms. The molecular formula is C17H19Cl2N3O. The summed E-state index contributed by atoms with van der Waals surface area (Å²) >= 11 is 12.0. The lowest BCUT2D eigenvalue weighted by molar-refractivity contribution is 0.251.